The summed E-state index contributed by atoms with van der Waals surface area (Å²) in [6, 6.07) is 9.24. The van der Waals surface area contributed by atoms with Crippen molar-refractivity contribution in [3.8, 4) is 0 Å². The fourth-order valence-electron chi connectivity index (χ4n) is 3.06. The van der Waals surface area contributed by atoms with E-state index in [1.807, 2.05) is 12.1 Å². The molecule has 0 spiro atoms. The van der Waals surface area contributed by atoms with Crippen LogP contribution in [0.2, 0.25) is 0 Å². The number of aryl methyl sites for hydroxylation is 1. The fourth-order valence-corrected chi connectivity index (χ4v) is 3.06. The predicted octanol–water partition coefficient (Wildman–Crippen LogP) is 2.28. The maximum atomic E-state index is 12.6. The van der Waals surface area contributed by atoms with Gasteiger partial charge in [-0.05, 0) is 50.3 Å². The highest BCUT2D eigenvalue weighted by Crippen LogP contribution is 2.28. The minimum atomic E-state index is 0.301. The molecule has 0 aromatic heterocycles. The highest BCUT2D eigenvalue weighted by atomic mass is 16.2. The van der Waals surface area contributed by atoms with Gasteiger partial charge in [-0.25, -0.2) is 0 Å². The summed E-state index contributed by atoms with van der Waals surface area (Å²) in [5.41, 5.74) is 2.39. The number of hydrogen-bond acceptors (Lipinski definition) is 2. The third kappa shape index (κ3) is 3.21. The van der Waals surface area contributed by atoms with Crippen molar-refractivity contribution in [1.82, 2.24) is 10.2 Å². The van der Waals surface area contributed by atoms with E-state index >= 15 is 0 Å². The number of benzene rings is 1. The molecule has 1 aromatic rings. The third-order valence-corrected chi connectivity index (χ3v) is 4.49. The zero-order valence-corrected chi connectivity index (χ0v) is 12.3. The van der Waals surface area contributed by atoms with Crippen molar-refractivity contribution in [2.24, 2.45) is 0 Å². The van der Waals surface area contributed by atoms with Crippen LogP contribution in [0.25, 0.3) is 0 Å². The van der Waals surface area contributed by atoms with Gasteiger partial charge in [0.25, 0.3) is 0 Å². The number of amides is 1. The molecular weight excluding hydrogens is 248 g/mol. The molecule has 3 heteroatoms. The fraction of sp³-hybridized carbons (Fsp3) is 0.588. The van der Waals surface area contributed by atoms with E-state index in [2.05, 4.69) is 29.3 Å². The molecule has 108 valence electrons. The van der Waals surface area contributed by atoms with Gasteiger partial charge >= 0.3 is 0 Å². The standard InChI is InChI=1S/C17H24N2O/c1-13-5-2-3-6-14(13)11-17(20)19(16-8-9-16)12-15-7-4-10-18-15/h2-3,5-6,15-16,18H,4,7-12H2,1H3. The van der Waals surface area contributed by atoms with Crippen LogP contribution >= 0.6 is 0 Å². The highest BCUT2D eigenvalue weighted by Gasteiger charge is 2.34. The Labute approximate surface area is 121 Å². The number of nitrogens with zero attached hydrogens (tertiary/aromatic N) is 1. The van der Waals surface area contributed by atoms with Crippen LogP contribution in [0.1, 0.15) is 36.8 Å². The summed E-state index contributed by atoms with van der Waals surface area (Å²) in [7, 11) is 0. The normalized spacial score (nSPS) is 21.9. The molecule has 2 aliphatic rings. The zero-order valence-electron chi connectivity index (χ0n) is 12.3. The van der Waals surface area contributed by atoms with E-state index in [1.165, 1.54) is 36.8 Å². The molecule has 20 heavy (non-hydrogen) atoms. The molecule has 3 rings (SSSR count). The second kappa shape index (κ2) is 5.96. The third-order valence-electron chi connectivity index (χ3n) is 4.49. The molecule has 1 amide bonds. The molecule has 0 bridgehead atoms. The second-order valence-corrected chi connectivity index (χ2v) is 6.17. The molecule has 2 fully saturated rings. The summed E-state index contributed by atoms with van der Waals surface area (Å²) in [4.78, 5) is 14.8. The van der Waals surface area contributed by atoms with Gasteiger partial charge in [-0.3, -0.25) is 4.79 Å². The predicted molar refractivity (Wildman–Crippen MR) is 80.6 cm³/mol. The summed E-state index contributed by atoms with van der Waals surface area (Å²) < 4.78 is 0. The van der Waals surface area contributed by atoms with Gasteiger partial charge in [0.05, 0.1) is 6.42 Å². The van der Waals surface area contributed by atoms with E-state index in [0.29, 0.717) is 24.4 Å². The molecule has 1 saturated heterocycles. The Morgan fingerprint density at radius 2 is 2.10 bits per heavy atom. The van der Waals surface area contributed by atoms with Crippen molar-refractivity contribution in [3.63, 3.8) is 0 Å². The number of rotatable bonds is 5. The molecular formula is C17H24N2O. The van der Waals surface area contributed by atoms with Gasteiger partial charge in [0.1, 0.15) is 0 Å². The summed E-state index contributed by atoms with van der Waals surface area (Å²) in [5, 5.41) is 3.51. The van der Waals surface area contributed by atoms with Crippen LogP contribution in [0, 0.1) is 6.92 Å². The van der Waals surface area contributed by atoms with Gasteiger partial charge in [0.15, 0.2) is 0 Å². The lowest BCUT2D eigenvalue weighted by Crippen LogP contribution is -2.43. The first-order valence-electron chi connectivity index (χ1n) is 7.81. The first-order valence-corrected chi connectivity index (χ1v) is 7.81. The molecule has 3 nitrogen and oxygen atoms in total. The quantitative estimate of drug-likeness (QED) is 0.892. The summed E-state index contributed by atoms with van der Waals surface area (Å²) in [6.45, 7) is 4.09. The van der Waals surface area contributed by atoms with Gasteiger partial charge < -0.3 is 10.2 Å². The average molecular weight is 272 g/mol. The zero-order chi connectivity index (χ0) is 13.9. The van der Waals surface area contributed by atoms with Crippen LogP contribution in [0.15, 0.2) is 24.3 Å². The Bertz CT molecular complexity index is 476. The largest absolute Gasteiger partial charge is 0.338 e. The average Bonchev–Trinajstić information content (AvgIpc) is 3.15. The van der Waals surface area contributed by atoms with Crippen LogP contribution < -0.4 is 5.32 Å². The second-order valence-electron chi connectivity index (χ2n) is 6.17. The SMILES string of the molecule is Cc1ccccc1CC(=O)N(CC1CCCN1)C1CC1. The van der Waals surface area contributed by atoms with E-state index < -0.39 is 0 Å². The highest BCUT2D eigenvalue weighted by molar-refractivity contribution is 5.79. The number of hydrogen-bond donors (Lipinski definition) is 1. The molecule has 1 aromatic carbocycles. The van der Waals surface area contributed by atoms with E-state index in [-0.39, 0.29) is 0 Å². The van der Waals surface area contributed by atoms with Crippen molar-refractivity contribution in [3.05, 3.63) is 35.4 Å². The minimum Gasteiger partial charge on any atom is -0.338 e. The van der Waals surface area contributed by atoms with Crippen molar-refractivity contribution in [2.75, 3.05) is 13.1 Å². The van der Waals surface area contributed by atoms with Crippen LogP contribution in [-0.4, -0.2) is 36.0 Å². The van der Waals surface area contributed by atoms with Crippen molar-refractivity contribution in [1.29, 1.82) is 0 Å². The lowest BCUT2D eigenvalue weighted by atomic mass is 10.0. The lowest BCUT2D eigenvalue weighted by molar-refractivity contribution is -0.131. The van der Waals surface area contributed by atoms with Crippen LogP contribution in [0.5, 0.6) is 0 Å². The maximum absolute atomic E-state index is 12.6. The maximum Gasteiger partial charge on any atom is 0.227 e. The Hall–Kier alpha value is -1.35. The van der Waals surface area contributed by atoms with Gasteiger partial charge in [-0.1, -0.05) is 24.3 Å². The Morgan fingerprint density at radius 3 is 2.75 bits per heavy atom. The number of carbonyl (C=O) groups excluding carboxylic acids is 1. The van der Waals surface area contributed by atoms with Crippen molar-refractivity contribution >= 4 is 5.91 Å². The molecule has 1 unspecified atom stereocenters. The van der Waals surface area contributed by atoms with E-state index in [1.54, 1.807) is 0 Å². The van der Waals surface area contributed by atoms with E-state index in [9.17, 15) is 4.79 Å². The van der Waals surface area contributed by atoms with Crippen molar-refractivity contribution < 1.29 is 4.79 Å². The first kappa shape index (κ1) is 13.6. The lowest BCUT2D eigenvalue weighted by Gasteiger charge is -2.26. The topological polar surface area (TPSA) is 32.3 Å². The summed E-state index contributed by atoms with van der Waals surface area (Å²) >= 11 is 0. The van der Waals surface area contributed by atoms with Gasteiger partial charge in [0, 0.05) is 18.6 Å². The van der Waals surface area contributed by atoms with Gasteiger partial charge in [-0.15, -0.1) is 0 Å². The first-order chi connectivity index (χ1) is 9.74. The van der Waals surface area contributed by atoms with Gasteiger partial charge in [-0.2, -0.15) is 0 Å². The summed E-state index contributed by atoms with van der Waals surface area (Å²) in [5.74, 6) is 0.301. The molecule has 1 atom stereocenters. The van der Waals surface area contributed by atoms with Crippen molar-refractivity contribution in [2.45, 2.75) is 51.1 Å². The van der Waals surface area contributed by atoms with Crippen LogP contribution in [-0.2, 0) is 11.2 Å². The molecule has 1 saturated carbocycles. The molecule has 1 aliphatic heterocycles. The molecule has 1 aliphatic carbocycles. The number of nitrogens with one attached hydrogen (secondary N) is 1. The van der Waals surface area contributed by atoms with Crippen LogP contribution in [0.3, 0.4) is 0 Å². The molecule has 0 radical (unpaired) electrons. The smallest absolute Gasteiger partial charge is 0.227 e. The Morgan fingerprint density at radius 1 is 1.30 bits per heavy atom. The Kier molecular flexibility index (Phi) is 4.06. The van der Waals surface area contributed by atoms with E-state index in [0.717, 1.165) is 13.1 Å². The Balaban J connectivity index is 1.64. The number of carbonyl (C=O) groups is 1. The van der Waals surface area contributed by atoms with E-state index in [4.69, 9.17) is 0 Å². The van der Waals surface area contributed by atoms with Gasteiger partial charge in [0.2, 0.25) is 5.91 Å². The van der Waals surface area contributed by atoms with Crippen LogP contribution in [0.4, 0.5) is 0 Å². The molecule has 1 heterocycles. The molecule has 1 N–H and O–H groups in total. The monoisotopic (exact) mass is 272 g/mol. The minimum absolute atomic E-state index is 0.301. The summed E-state index contributed by atoms with van der Waals surface area (Å²) in [6.07, 6.45) is 5.38.